The van der Waals surface area contributed by atoms with Crippen molar-refractivity contribution < 1.29 is 28.8 Å². The maximum Gasteiger partial charge on any atom is 0.326 e. The summed E-state index contributed by atoms with van der Waals surface area (Å²) in [5.41, 5.74) is -0.488. The molecule has 2 amide bonds. The lowest BCUT2D eigenvalue weighted by atomic mass is 9.85. The molecular formula is C18H15ClN2O7. The molecule has 1 aliphatic carbocycles. The Bertz CT molecular complexity index is 885. The Balaban J connectivity index is 1.58. The Morgan fingerprint density at radius 3 is 2.36 bits per heavy atom. The van der Waals surface area contributed by atoms with Crippen molar-refractivity contribution >= 4 is 40.9 Å². The van der Waals surface area contributed by atoms with Crippen LogP contribution in [0.5, 0.6) is 0 Å². The summed E-state index contributed by atoms with van der Waals surface area (Å²) >= 11 is 5.69. The van der Waals surface area contributed by atoms with Crippen LogP contribution in [0.1, 0.15) is 23.2 Å². The van der Waals surface area contributed by atoms with Crippen molar-refractivity contribution in [1.82, 2.24) is 4.90 Å². The third-order valence-corrected chi connectivity index (χ3v) is 5.03. The largest absolute Gasteiger partial charge is 0.456 e. The summed E-state index contributed by atoms with van der Waals surface area (Å²) in [7, 11) is 0. The standard InChI is InChI=1S/C18H15ClN2O7/c19-13-6-5-10(7-14(13)21(26)27)15(22)9-28-16(23)8-20-17(24)11-3-1-2-4-12(11)18(20)25/h1-2,5-7,11-12H,3-4,8-9H2/t11-,12-/m1/s1. The summed E-state index contributed by atoms with van der Waals surface area (Å²) in [6.07, 6.45) is 4.57. The number of hydrogen-bond acceptors (Lipinski definition) is 7. The van der Waals surface area contributed by atoms with Crippen molar-refractivity contribution in [3.63, 3.8) is 0 Å². The fourth-order valence-corrected chi connectivity index (χ4v) is 3.44. The molecular weight excluding hydrogens is 392 g/mol. The van der Waals surface area contributed by atoms with Crippen molar-refractivity contribution in [3.05, 3.63) is 51.1 Å². The molecule has 0 N–H and O–H groups in total. The number of nitro groups is 1. The van der Waals surface area contributed by atoms with Gasteiger partial charge in [-0.1, -0.05) is 23.8 Å². The summed E-state index contributed by atoms with van der Waals surface area (Å²) in [5, 5.41) is 10.8. The molecule has 3 rings (SSSR count). The van der Waals surface area contributed by atoms with E-state index in [-0.39, 0.29) is 10.6 Å². The third kappa shape index (κ3) is 3.79. The molecule has 0 unspecified atom stereocenters. The van der Waals surface area contributed by atoms with Crippen LogP contribution in [0.4, 0.5) is 5.69 Å². The molecule has 0 saturated carbocycles. The molecule has 0 radical (unpaired) electrons. The van der Waals surface area contributed by atoms with Gasteiger partial charge in [0.05, 0.1) is 16.8 Å². The number of esters is 1. The minimum absolute atomic E-state index is 0.0469. The van der Waals surface area contributed by atoms with Crippen LogP contribution in [0.3, 0.4) is 0 Å². The van der Waals surface area contributed by atoms with Gasteiger partial charge < -0.3 is 4.74 Å². The van der Waals surface area contributed by atoms with Crippen molar-refractivity contribution in [2.24, 2.45) is 11.8 Å². The summed E-state index contributed by atoms with van der Waals surface area (Å²) in [4.78, 5) is 59.7. The minimum Gasteiger partial charge on any atom is -0.456 e. The number of carbonyl (C=O) groups is 4. The molecule has 146 valence electrons. The highest BCUT2D eigenvalue weighted by atomic mass is 35.5. The normalized spacial score (nSPS) is 20.8. The number of ketones is 1. The summed E-state index contributed by atoms with van der Waals surface area (Å²) in [6, 6.07) is 3.46. The Hall–Kier alpha value is -3.07. The molecule has 2 atom stereocenters. The first-order chi connectivity index (χ1) is 13.3. The molecule has 0 spiro atoms. The van der Waals surface area contributed by atoms with Gasteiger partial charge in [-0.05, 0) is 25.0 Å². The second-order valence-corrected chi connectivity index (χ2v) is 6.83. The lowest BCUT2D eigenvalue weighted by Crippen LogP contribution is -2.37. The molecule has 1 aromatic carbocycles. The topological polar surface area (TPSA) is 124 Å². The number of fused-ring (bicyclic) bond motifs is 1. The van der Waals surface area contributed by atoms with E-state index in [4.69, 9.17) is 16.3 Å². The zero-order valence-electron chi connectivity index (χ0n) is 14.5. The fraction of sp³-hybridized carbons (Fsp3) is 0.333. The molecule has 0 aromatic heterocycles. The molecule has 1 aliphatic heterocycles. The van der Waals surface area contributed by atoms with Gasteiger partial charge in [-0.15, -0.1) is 0 Å². The van der Waals surface area contributed by atoms with Crippen LogP contribution in [0.15, 0.2) is 30.4 Å². The van der Waals surface area contributed by atoms with E-state index in [1.807, 2.05) is 12.2 Å². The molecule has 9 nitrogen and oxygen atoms in total. The molecule has 28 heavy (non-hydrogen) atoms. The number of imide groups is 1. The second-order valence-electron chi connectivity index (χ2n) is 6.43. The highest BCUT2D eigenvalue weighted by Crippen LogP contribution is 2.34. The van der Waals surface area contributed by atoms with Crippen LogP contribution in [0, 0.1) is 22.0 Å². The number of ether oxygens (including phenoxy) is 1. The Labute approximate surface area is 164 Å². The van der Waals surface area contributed by atoms with E-state index in [2.05, 4.69) is 0 Å². The number of Topliss-reactive ketones (excluding diaryl/α,β-unsaturated/α-hetero) is 1. The maximum atomic E-state index is 12.3. The van der Waals surface area contributed by atoms with Crippen LogP contribution < -0.4 is 0 Å². The van der Waals surface area contributed by atoms with Gasteiger partial charge in [0.15, 0.2) is 6.61 Å². The fourth-order valence-electron chi connectivity index (χ4n) is 3.25. The summed E-state index contributed by atoms with van der Waals surface area (Å²) in [6.45, 7) is -1.25. The van der Waals surface area contributed by atoms with E-state index in [0.717, 1.165) is 11.0 Å². The van der Waals surface area contributed by atoms with E-state index in [1.54, 1.807) is 0 Å². The number of nitrogens with zero attached hydrogens (tertiary/aromatic N) is 2. The van der Waals surface area contributed by atoms with Gasteiger partial charge in [0, 0.05) is 11.6 Å². The number of rotatable bonds is 6. The van der Waals surface area contributed by atoms with Gasteiger partial charge >= 0.3 is 5.97 Å². The molecule has 1 saturated heterocycles. The Morgan fingerprint density at radius 1 is 1.18 bits per heavy atom. The SMILES string of the molecule is O=C(CN1C(=O)[C@@H]2CC=CC[C@H]2C1=O)OCC(=O)c1ccc(Cl)c([N+](=O)[O-])c1. The number of amides is 2. The van der Waals surface area contributed by atoms with E-state index in [0.29, 0.717) is 12.8 Å². The smallest absolute Gasteiger partial charge is 0.326 e. The molecule has 1 fully saturated rings. The van der Waals surface area contributed by atoms with E-state index in [1.165, 1.54) is 12.1 Å². The Morgan fingerprint density at radius 2 is 1.79 bits per heavy atom. The number of likely N-dealkylation sites (tertiary alicyclic amines) is 1. The van der Waals surface area contributed by atoms with Crippen LogP contribution in [-0.4, -0.2) is 46.5 Å². The molecule has 10 heteroatoms. The Kier molecular flexibility index (Phi) is 5.55. The quantitative estimate of drug-likeness (QED) is 0.176. The lowest BCUT2D eigenvalue weighted by molar-refractivity contribution is -0.384. The average Bonchev–Trinajstić information content (AvgIpc) is 2.91. The summed E-state index contributed by atoms with van der Waals surface area (Å²) < 4.78 is 4.85. The van der Waals surface area contributed by atoms with E-state index >= 15 is 0 Å². The third-order valence-electron chi connectivity index (χ3n) is 4.72. The van der Waals surface area contributed by atoms with Crippen molar-refractivity contribution in [2.45, 2.75) is 12.8 Å². The van der Waals surface area contributed by atoms with Gasteiger partial charge in [0.2, 0.25) is 17.6 Å². The molecule has 2 aliphatic rings. The van der Waals surface area contributed by atoms with Crippen LogP contribution in [0.25, 0.3) is 0 Å². The van der Waals surface area contributed by atoms with Gasteiger partial charge in [-0.25, -0.2) is 0 Å². The number of nitro benzene ring substituents is 1. The zero-order chi connectivity index (χ0) is 20.4. The van der Waals surface area contributed by atoms with Gasteiger partial charge in [-0.2, -0.15) is 0 Å². The first-order valence-corrected chi connectivity index (χ1v) is 8.80. The monoisotopic (exact) mass is 406 g/mol. The minimum atomic E-state index is -0.912. The van der Waals surface area contributed by atoms with Gasteiger partial charge in [0.25, 0.3) is 5.69 Å². The highest BCUT2D eigenvalue weighted by Gasteiger charge is 2.47. The second kappa shape index (κ2) is 7.89. The van der Waals surface area contributed by atoms with Gasteiger partial charge in [0.1, 0.15) is 11.6 Å². The molecule has 0 bridgehead atoms. The van der Waals surface area contributed by atoms with Crippen molar-refractivity contribution in [1.29, 1.82) is 0 Å². The summed E-state index contributed by atoms with van der Waals surface area (Å²) in [5.74, 6) is -3.34. The van der Waals surface area contributed by atoms with Crippen LogP contribution in [0.2, 0.25) is 5.02 Å². The number of hydrogen-bond donors (Lipinski definition) is 0. The highest BCUT2D eigenvalue weighted by molar-refractivity contribution is 6.32. The number of carbonyl (C=O) groups excluding carboxylic acids is 4. The van der Waals surface area contributed by atoms with Gasteiger partial charge in [-0.3, -0.25) is 34.2 Å². The molecule has 1 aromatic rings. The van der Waals surface area contributed by atoms with Crippen LogP contribution >= 0.6 is 11.6 Å². The maximum absolute atomic E-state index is 12.3. The first-order valence-electron chi connectivity index (χ1n) is 8.42. The number of benzene rings is 1. The predicted octanol–water partition coefficient (Wildman–Crippen LogP) is 1.93. The van der Waals surface area contributed by atoms with E-state index in [9.17, 15) is 29.3 Å². The average molecular weight is 407 g/mol. The van der Waals surface area contributed by atoms with Crippen LogP contribution in [-0.2, 0) is 19.1 Å². The lowest BCUT2D eigenvalue weighted by Gasteiger charge is -2.14. The van der Waals surface area contributed by atoms with Crippen molar-refractivity contribution in [3.8, 4) is 0 Å². The van der Waals surface area contributed by atoms with E-state index < -0.39 is 59.2 Å². The predicted molar refractivity (Wildman–Crippen MR) is 95.5 cm³/mol. The first kappa shape index (κ1) is 19.7. The number of allylic oxidation sites excluding steroid dienone is 2. The number of halogens is 1. The zero-order valence-corrected chi connectivity index (χ0v) is 15.3. The van der Waals surface area contributed by atoms with Crippen molar-refractivity contribution in [2.75, 3.05) is 13.2 Å². The molecule has 1 heterocycles.